The normalized spacial score (nSPS) is 26.0. The van der Waals surface area contributed by atoms with Crippen molar-refractivity contribution in [2.75, 3.05) is 33.2 Å². The van der Waals surface area contributed by atoms with Crippen LogP contribution in [0.1, 0.15) is 30.0 Å². The van der Waals surface area contributed by atoms with E-state index < -0.39 is 0 Å². The van der Waals surface area contributed by atoms with Crippen molar-refractivity contribution >= 4 is 11.6 Å². The highest BCUT2D eigenvalue weighted by molar-refractivity contribution is 6.30. The van der Waals surface area contributed by atoms with Gasteiger partial charge in [0.15, 0.2) is 0 Å². The van der Waals surface area contributed by atoms with Gasteiger partial charge >= 0.3 is 0 Å². The van der Waals surface area contributed by atoms with Gasteiger partial charge in [-0.2, -0.15) is 0 Å². The van der Waals surface area contributed by atoms with Crippen molar-refractivity contribution in [3.63, 3.8) is 0 Å². The molecule has 1 aromatic carbocycles. The Labute approximate surface area is 115 Å². The van der Waals surface area contributed by atoms with Gasteiger partial charge < -0.3 is 4.90 Å². The van der Waals surface area contributed by atoms with Gasteiger partial charge in [0, 0.05) is 37.2 Å². The van der Waals surface area contributed by atoms with Gasteiger partial charge in [0.1, 0.15) is 0 Å². The molecule has 0 spiro atoms. The molecule has 98 valence electrons. The number of benzene rings is 1. The van der Waals surface area contributed by atoms with E-state index in [4.69, 9.17) is 11.6 Å². The van der Waals surface area contributed by atoms with Gasteiger partial charge in [-0.05, 0) is 49.6 Å². The van der Waals surface area contributed by atoms with E-state index in [0.717, 1.165) is 5.02 Å². The molecule has 1 aliphatic heterocycles. The fourth-order valence-corrected chi connectivity index (χ4v) is 3.44. The molecule has 1 heterocycles. The SMILES string of the molecule is CN1CCN(C2CCCc3ccc(Cl)cc32)CC1. The topological polar surface area (TPSA) is 6.48 Å². The summed E-state index contributed by atoms with van der Waals surface area (Å²) in [5, 5.41) is 0.884. The molecule has 1 aliphatic carbocycles. The number of hydrogen-bond donors (Lipinski definition) is 0. The van der Waals surface area contributed by atoms with E-state index in [1.165, 1.54) is 56.6 Å². The van der Waals surface area contributed by atoms with Gasteiger partial charge in [-0.3, -0.25) is 4.90 Å². The summed E-state index contributed by atoms with van der Waals surface area (Å²) in [6, 6.07) is 7.05. The maximum Gasteiger partial charge on any atom is 0.0409 e. The van der Waals surface area contributed by atoms with Crippen LogP contribution in [0, 0.1) is 0 Å². The molecular formula is C15H21ClN2. The summed E-state index contributed by atoms with van der Waals surface area (Å²) in [6.45, 7) is 4.75. The molecule has 3 heteroatoms. The Morgan fingerprint density at radius 1 is 1.17 bits per heavy atom. The standard InChI is InChI=1S/C15H21ClN2/c1-17-7-9-18(10-8-17)15-4-2-3-12-5-6-13(16)11-14(12)15/h5-6,11,15H,2-4,7-10H2,1H3. The maximum absolute atomic E-state index is 6.18. The Morgan fingerprint density at radius 3 is 2.72 bits per heavy atom. The lowest BCUT2D eigenvalue weighted by molar-refractivity contribution is 0.102. The lowest BCUT2D eigenvalue weighted by atomic mass is 9.86. The van der Waals surface area contributed by atoms with E-state index in [1.54, 1.807) is 0 Å². The predicted octanol–water partition coefficient (Wildman–Crippen LogP) is 2.96. The summed E-state index contributed by atoms with van der Waals surface area (Å²) in [7, 11) is 2.21. The minimum Gasteiger partial charge on any atom is -0.304 e. The molecule has 1 atom stereocenters. The van der Waals surface area contributed by atoms with Crippen LogP contribution in [0.4, 0.5) is 0 Å². The molecule has 1 aromatic rings. The molecule has 0 saturated carbocycles. The summed E-state index contributed by atoms with van der Waals surface area (Å²) in [4.78, 5) is 5.06. The number of halogens is 1. The first-order valence-electron chi connectivity index (χ1n) is 6.95. The Kier molecular flexibility index (Phi) is 3.60. The number of nitrogens with zero attached hydrogens (tertiary/aromatic N) is 2. The monoisotopic (exact) mass is 264 g/mol. The van der Waals surface area contributed by atoms with Crippen LogP contribution in [-0.2, 0) is 6.42 Å². The molecule has 0 bridgehead atoms. The Morgan fingerprint density at radius 2 is 1.94 bits per heavy atom. The van der Waals surface area contributed by atoms with Crippen molar-refractivity contribution < 1.29 is 0 Å². The van der Waals surface area contributed by atoms with Crippen molar-refractivity contribution in [3.05, 3.63) is 34.3 Å². The molecule has 0 N–H and O–H groups in total. The number of fused-ring (bicyclic) bond motifs is 1. The highest BCUT2D eigenvalue weighted by atomic mass is 35.5. The fourth-order valence-electron chi connectivity index (χ4n) is 3.26. The van der Waals surface area contributed by atoms with Crippen LogP contribution in [0.5, 0.6) is 0 Å². The van der Waals surface area contributed by atoms with E-state index >= 15 is 0 Å². The molecule has 2 aliphatic rings. The van der Waals surface area contributed by atoms with E-state index in [9.17, 15) is 0 Å². The average molecular weight is 265 g/mol. The quantitative estimate of drug-likeness (QED) is 0.770. The lowest BCUT2D eigenvalue weighted by Crippen LogP contribution is -2.46. The van der Waals surface area contributed by atoms with Gasteiger partial charge in [-0.25, -0.2) is 0 Å². The van der Waals surface area contributed by atoms with Crippen molar-refractivity contribution in [2.24, 2.45) is 0 Å². The summed E-state index contributed by atoms with van der Waals surface area (Å²) < 4.78 is 0. The summed E-state index contributed by atoms with van der Waals surface area (Å²) >= 11 is 6.18. The Balaban J connectivity index is 1.84. The fraction of sp³-hybridized carbons (Fsp3) is 0.600. The van der Waals surface area contributed by atoms with Crippen LogP contribution in [0.3, 0.4) is 0 Å². The van der Waals surface area contributed by atoms with Crippen LogP contribution < -0.4 is 0 Å². The summed E-state index contributed by atoms with van der Waals surface area (Å²) in [5.74, 6) is 0. The first kappa shape index (κ1) is 12.5. The van der Waals surface area contributed by atoms with Crippen molar-refractivity contribution in [1.29, 1.82) is 0 Å². The Bertz CT molecular complexity index is 425. The number of hydrogen-bond acceptors (Lipinski definition) is 2. The third-order valence-electron chi connectivity index (χ3n) is 4.37. The largest absolute Gasteiger partial charge is 0.304 e. The van der Waals surface area contributed by atoms with Gasteiger partial charge in [0.25, 0.3) is 0 Å². The number of rotatable bonds is 1. The van der Waals surface area contributed by atoms with Crippen molar-refractivity contribution in [2.45, 2.75) is 25.3 Å². The second kappa shape index (κ2) is 5.20. The molecule has 2 nitrogen and oxygen atoms in total. The minimum absolute atomic E-state index is 0.598. The summed E-state index contributed by atoms with van der Waals surface area (Å²) in [6.07, 6.45) is 3.82. The molecule has 0 aromatic heterocycles. The smallest absolute Gasteiger partial charge is 0.0409 e. The van der Waals surface area contributed by atoms with Gasteiger partial charge in [-0.1, -0.05) is 17.7 Å². The van der Waals surface area contributed by atoms with Crippen LogP contribution in [0.25, 0.3) is 0 Å². The molecule has 1 fully saturated rings. The van der Waals surface area contributed by atoms with E-state index in [-0.39, 0.29) is 0 Å². The first-order valence-corrected chi connectivity index (χ1v) is 7.33. The molecule has 1 saturated heterocycles. The zero-order valence-corrected chi connectivity index (χ0v) is 11.8. The van der Waals surface area contributed by atoms with E-state index in [0.29, 0.717) is 6.04 Å². The third-order valence-corrected chi connectivity index (χ3v) is 4.60. The lowest BCUT2D eigenvalue weighted by Gasteiger charge is -2.40. The minimum atomic E-state index is 0.598. The molecule has 1 unspecified atom stereocenters. The van der Waals surface area contributed by atoms with Crippen LogP contribution in [0.15, 0.2) is 18.2 Å². The average Bonchev–Trinajstić information content (AvgIpc) is 2.39. The van der Waals surface area contributed by atoms with Gasteiger partial charge in [-0.15, -0.1) is 0 Å². The highest BCUT2D eigenvalue weighted by Crippen LogP contribution is 2.36. The zero-order valence-electron chi connectivity index (χ0n) is 11.0. The second-order valence-electron chi connectivity index (χ2n) is 5.59. The third kappa shape index (κ3) is 2.42. The van der Waals surface area contributed by atoms with Gasteiger partial charge in [0.2, 0.25) is 0 Å². The first-order chi connectivity index (χ1) is 8.74. The van der Waals surface area contributed by atoms with E-state index in [2.05, 4.69) is 29.0 Å². The maximum atomic E-state index is 6.18. The molecule has 18 heavy (non-hydrogen) atoms. The predicted molar refractivity (Wildman–Crippen MR) is 76.2 cm³/mol. The Hall–Kier alpha value is -0.570. The van der Waals surface area contributed by atoms with Crippen LogP contribution in [0.2, 0.25) is 5.02 Å². The summed E-state index contributed by atoms with van der Waals surface area (Å²) in [5.41, 5.74) is 2.99. The number of aryl methyl sites for hydroxylation is 1. The van der Waals surface area contributed by atoms with Crippen molar-refractivity contribution in [1.82, 2.24) is 9.80 Å². The number of piperazine rings is 1. The van der Waals surface area contributed by atoms with Crippen molar-refractivity contribution in [3.8, 4) is 0 Å². The molecular weight excluding hydrogens is 244 g/mol. The second-order valence-corrected chi connectivity index (χ2v) is 6.03. The molecule has 0 radical (unpaired) electrons. The molecule has 0 amide bonds. The number of likely N-dealkylation sites (N-methyl/N-ethyl adjacent to an activating group) is 1. The van der Waals surface area contributed by atoms with Gasteiger partial charge in [0.05, 0.1) is 0 Å². The van der Waals surface area contributed by atoms with Crippen LogP contribution >= 0.6 is 11.6 Å². The highest BCUT2D eigenvalue weighted by Gasteiger charge is 2.27. The van der Waals surface area contributed by atoms with E-state index in [1.807, 2.05) is 6.07 Å². The molecule has 3 rings (SSSR count). The van der Waals surface area contributed by atoms with Crippen LogP contribution in [-0.4, -0.2) is 43.0 Å². The zero-order chi connectivity index (χ0) is 12.5.